The van der Waals surface area contributed by atoms with Crippen molar-refractivity contribution in [2.24, 2.45) is 0 Å². The number of pyridine rings is 1. The summed E-state index contributed by atoms with van der Waals surface area (Å²) in [7, 11) is 0. The third-order valence-electron chi connectivity index (χ3n) is 6.01. The van der Waals surface area contributed by atoms with Crippen LogP contribution in [0.2, 0.25) is 0 Å². The van der Waals surface area contributed by atoms with Crippen LogP contribution in [-0.4, -0.2) is 68.5 Å². The zero-order valence-electron chi connectivity index (χ0n) is 19.4. The number of morpholine rings is 1. The highest BCUT2D eigenvalue weighted by Gasteiger charge is 2.20. The Bertz CT molecular complexity index is 807. The van der Waals surface area contributed by atoms with Gasteiger partial charge in [0.25, 0.3) is 0 Å². The van der Waals surface area contributed by atoms with Gasteiger partial charge in [0.15, 0.2) is 0 Å². The van der Waals surface area contributed by atoms with Crippen molar-refractivity contribution in [3.63, 3.8) is 0 Å². The first-order valence-electron chi connectivity index (χ1n) is 11.9. The molecule has 0 radical (unpaired) electrons. The monoisotopic (exact) mass is 440 g/mol. The van der Waals surface area contributed by atoms with Gasteiger partial charge in [-0.15, -0.1) is 0 Å². The van der Waals surface area contributed by atoms with E-state index in [9.17, 15) is 0 Å². The number of ether oxygens (including phenoxy) is 3. The molecule has 2 saturated heterocycles. The Morgan fingerprint density at radius 1 is 0.969 bits per heavy atom. The van der Waals surface area contributed by atoms with Gasteiger partial charge in [0.2, 0.25) is 0 Å². The fourth-order valence-corrected chi connectivity index (χ4v) is 4.40. The normalized spacial score (nSPS) is 17.9. The van der Waals surface area contributed by atoms with Crippen molar-refractivity contribution in [1.82, 2.24) is 9.88 Å². The minimum atomic E-state index is 0.482. The summed E-state index contributed by atoms with van der Waals surface area (Å²) in [6, 6.07) is 11.0. The van der Waals surface area contributed by atoms with E-state index in [2.05, 4.69) is 44.4 Å². The molecule has 2 aromatic rings. The first-order chi connectivity index (χ1) is 15.7. The maximum Gasteiger partial charge on any atom is 0.128 e. The van der Waals surface area contributed by atoms with E-state index in [1.54, 1.807) is 0 Å². The Labute approximate surface area is 191 Å². The van der Waals surface area contributed by atoms with Gasteiger partial charge >= 0.3 is 0 Å². The van der Waals surface area contributed by atoms with Crippen molar-refractivity contribution in [2.45, 2.75) is 39.3 Å². The van der Waals surface area contributed by atoms with Crippen LogP contribution in [0.3, 0.4) is 0 Å². The number of aromatic nitrogens is 1. The predicted octanol–water partition coefficient (Wildman–Crippen LogP) is 3.79. The molecule has 32 heavy (non-hydrogen) atoms. The molecule has 0 amide bonds. The molecule has 0 saturated carbocycles. The molecular weight excluding hydrogens is 404 g/mol. The van der Waals surface area contributed by atoms with E-state index in [1.807, 2.05) is 26.1 Å². The smallest absolute Gasteiger partial charge is 0.128 e. The number of hydrogen-bond acceptors (Lipinski definition) is 7. The number of nitrogens with one attached hydrogen (secondary N) is 1. The van der Waals surface area contributed by atoms with E-state index < -0.39 is 0 Å². The second-order valence-electron chi connectivity index (χ2n) is 8.38. The van der Waals surface area contributed by atoms with E-state index in [0.717, 1.165) is 81.8 Å². The Morgan fingerprint density at radius 2 is 1.66 bits per heavy atom. The summed E-state index contributed by atoms with van der Waals surface area (Å²) in [6.45, 7) is 11.8. The molecule has 0 bridgehead atoms. The molecule has 0 atom stereocenters. The summed E-state index contributed by atoms with van der Waals surface area (Å²) in [5, 5.41) is 3.67. The third kappa shape index (κ3) is 6.26. The molecule has 7 heteroatoms. The molecule has 2 aliphatic heterocycles. The molecule has 0 aliphatic carbocycles. The minimum Gasteiger partial charge on any atom is -0.494 e. The SMILES string of the molecule is CCOc1cc(CN2CCC(Nc3ccc(N4CCOCC4)nc3)CC2)cc(OCC)c1. The summed E-state index contributed by atoms with van der Waals surface area (Å²) < 4.78 is 16.9. The van der Waals surface area contributed by atoms with Crippen molar-refractivity contribution < 1.29 is 14.2 Å². The molecular formula is C25H36N4O3. The predicted molar refractivity (Wildman–Crippen MR) is 128 cm³/mol. The standard InChI is InChI=1S/C25H36N4O3/c1-3-31-23-15-20(16-24(17-23)32-4-2)19-28-9-7-21(8-10-28)27-22-5-6-25(26-18-22)29-11-13-30-14-12-29/h5-6,15-18,21,27H,3-4,7-14,19H2,1-2H3. The number of piperidine rings is 1. The molecule has 3 heterocycles. The molecule has 0 spiro atoms. The molecule has 0 unspecified atom stereocenters. The van der Waals surface area contributed by atoms with E-state index in [4.69, 9.17) is 14.2 Å². The summed E-state index contributed by atoms with van der Waals surface area (Å²) in [5.41, 5.74) is 2.35. The lowest BCUT2D eigenvalue weighted by Gasteiger charge is -2.33. The van der Waals surface area contributed by atoms with Crippen LogP contribution in [0.15, 0.2) is 36.5 Å². The second-order valence-corrected chi connectivity index (χ2v) is 8.38. The average Bonchev–Trinajstić information content (AvgIpc) is 2.82. The molecule has 174 valence electrons. The highest BCUT2D eigenvalue weighted by molar-refractivity contribution is 5.49. The molecule has 1 N–H and O–H groups in total. The molecule has 2 aliphatic rings. The summed E-state index contributed by atoms with van der Waals surface area (Å²) in [4.78, 5) is 9.45. The summed E-state index contributed by atoms with van der Waals surface area (Å²) >= 11 is 0. The second kappa shape index (κ2) is 11.4. The van der Waals surface area contributed by atoms with Crippen LogP contribution in [0.5, 0.6) is 11.5 Å². The Hall–Kier alpha value is -2.51. The number of anilines is 2. The molecule has 7 nitrogen and oxygen atoms in total. The lowest BCUT2D eigenvalue weighted by molar-refractivity contribution is 0.122. The zero-order chi connectivity index (χ0) is 22.2. The molecule has 2 fully saturated rings. The maximum absolute atomic E-state index is 5.73. The van der Waals surface area contributed by atoms with Gasteiger partial charge in [-0.25, -0.2) is 4.98 Å². The number of hydrogen-bond donors (Lipinski definition) is 1. The van der Waals surface area contributed by atoms with Gasteiger partial charge in [0, 0.05) is 44.8 Å². The fourth-order valence-electron chi connectivity index (χ4n) is 4.40. The topological polar surface area (TPSA) is 59.1 Å². The van der Waals surface area contributed by atoms with Crippen LogP contribution >= 0.6 is 0 Å². The van der Waals surface area contributed by atoms with Gasteiger partial charge in [-0.05, 0) is 56.5 Å². The van der Waals surface area contributed by atoms with E-state index in [0.29, 0.717) is 19.3 Å². The van der Waals surface area contributed by atoms with Crippen molar-refractivity contribution in [1.29, 1.82) is 0 Å². The van der Waals surface area contributed by atoms with Crippen LogP contribution in [0, 0.1) is 0 Å². The van der Waals surface area contributed by atoms with Crippen LogP contribution in [0.25, 0.3) is 0 Å². The fraction of sp³-hybridized carbons (Fsp3) is 0.560. The van der Waals surface area contributed by atoms with Crippen molar-refractivity contribution >= 4 is 11.5 Å². The van der Waals surface area contributed by atoms with E-state index in [1.165, 1.54) is 5.56 Å². The number of likely N-dealkylation sites (tertiary alicyclic amines) is 1. The van der Waals surface area contributed by atoms with Gasteiger partial charge in [0.05, 0.1) is 38.3 Å². The van der Waals surface area contributed by atoms with Crippen molar-refractivity contribution in [3.05, 3.63) is 42.1 Å². The molecule has 1 aromatic heterocycles. The van der Waals surface area contributed by atoms with Gasteiger partial charge in [-0.2, -0.15) is 0 Å². The summed E-state index contributed by atoms with van der Waals surface area (Å²) in [5.74, 6) is 2.81. The Balaban J connectivity index is 1.27. The Morgan fingerprint density at radius 3 is 2.25 bits per heavy atom. The average molecular weight is 441 g/mol. The lowest BCUT2D eigenvalue weighted by Crippen LogP contribution is -2.38. The zero-order valence-corrected chi connectivity index (χ0v) is 19.4. The van der Waals surface area contributed by atoms with Crippen LogP contribution in [0.4, 0.5) is 11.5 Å². The van der Waals surface area contributed by atoms with Crippen LogP contribution in [0.1, 0.15) is 32.3 Å². The summed E-state index contributed by atoms with van der Waals surface area (Å²) in [6.07, 6.45) is 4.20. The lowest BCUT2D eigenvalue weighted by atomic mass is 10.0. The van der Waals surface area contributed by atoms with Gasteiger partial charge in [-0.1, -0.05) is 0 Å². The number of rotatable bonds is 9. The first kappa shape index (κ1) is 22.7. The largest absolute Gasteiger partial charge is 0.494 e. The van der Waals surface area contributed by atoms with Gasteiger partial charge < -0.3 is 24.4 Å². The number of benzene rings is 1. The molecule has 1 aromatic carbocycles. The quantitative estimate of drug-likeness (QED) is 0.637. The number of nitrogens with zero attached hydrogens (tertiary/aromatic N) is 3. The van der Waals surface area contributed by atoms with Crippen LogP contribution in [-0.2, 0) is 11.3 Å². The highest BCUT2D eigenvalue weighted by atomic mass is 16.5. The van der Waals surface area contributed by atoms with E-state index in [-0.39, 0.29) is 0 Å². The molecule has 4 rings (SSSR count). The van der Waals surface area contributed by atoms with E-state index >= 15 is 0 Å². The van der Waals surface area contributed by atoms with Crippen LogP contribution < -0.4 is 19.7 Å². The van der Waals surface area contributed by atoms with Crippen molar-refractivity contribution in [3.8, 4) is 11.5 Å². The minimum absolute atomic E-state index is 0.482. The van der Waals surface area contributed by atoms with Gasteiger partial charge in [0.1, 0.15) is 17.3 Å². The Kier molecular flexibility index (Phi) is 8.07. The third-order valence-corrected chi connectivity index (χ3v) is 6.01. The highest BCUT2D eigenvalue weighted by Crippen LogP contribution is 2.26. The van der Waals surface area contributed by atoms with Crippen molar-refractivity contribution in [2.75, 3.05) is 62.8 Å². The maximum atomic E-state index is 5.73. The van der Waals surface area contributed by atoms with Gasteiger partial charge in [-0.3, -0.25) is 4.90 Å². The first-order valence-corrected chi connectivity index (χ1v) is 11.9.